The van der Waals surface area contributed by atoms with Gasteiger partial charge in [-0.15, -0.1) is 0 Å². The Kier molecular flexibility index (Phi) is 7.06. The van der Waals surface area contributed by atoms with Gasteiger partial charge in [0.05, 0.1) is 22.9 Å². The van der Waals surface area contributed by atoms with Crippen LogP contribution < -0.4 is 32.8 Å². The molecule has 10 nitrogen and oxygen atoms in total. The van der Waals surface area contributed by atoms with Gasteiger partial charge in [-0.3, -0.25) is 28.1 Å². The quantitative estimate of drug-likeness (QED) is 0.270. The Bertz CT molecular complexity index is 1900. The summed E-state index contributed by atoms with van der Waals surface area (Å²) in [6, 6.07) is 10.8. The van der Waals surface area contributed by atoms with Crippen molar-refractivity contribution in [2.45, 2.75) is 44.7 Å². The number of rotatable bonds is 6. The minimum atomic E-state index is -0.575. The summed E-state index contributed by atoms with van der Waals surface area (Å²) >= 11 is 2.00. The second-order valence-corrected chi connectivity index (χ2v) is 11.8. The van der Waals surface area contributed by atoms with Gasteiger partial charge in [-0.1, -0.05) is 6.07 Å². The van der Waals surface area contributed by atoms with Gasteiger partial charge in [0.25, 0.3) is 11.1 Å². The lowest BCUT2D eigenvalue weighted by Gasteiger charge is -2.21. The van der Waals surface area contributed by atoms with E-state index in [1.54, 1.807) is 37.3 Å². The third kappa shape index (κ3) is 4.88. The van der Waals surface area contributed by atoms with Crippen LogP contribution >= 0.6 is 22.6 Å². The molecular formula is C29H28FIN6O4. The summed E-state index contributed by atoms with van der Waals surface area (Å²) in [5, 5.41) is 9.13. The van der Waals surface area contributed by atoms with Crippen molar-refractivity contribution >= 4 is 56.6 Å². The lowest BCUT2D eigenvalue weighted by Crippen LogP contribution is -2.41. The lowest BCUT2D eigenvalue weighted by atomic mass is 10.1. The molecule has 3 heterocycles. The van der Waals surface area contributed by atoms with Crippen LogP contribution in [0.1, 0.15) is 37.3 Å². The average molecular weight is 670 g/mol. The summed E-state index contributed by atoms with van der Waals surface area (Å²) in [4.78, 5) is 54.2. The number of nitrogens with one attached hydrogen (secondary N) is 3. The van der Waals surface area contributed by atoms with E-state index >= 15 is 0 Å². The Hall–Kier alpha value is -3.78. The molecule has 3 N–H and O–H groups in total. The fourth-order valence-electron chi connectivity index (χ4n) is 5.43. The van der Waals surface area contributed by atoms with E-state index in [0.29, 0.717) is 27.8 Å². The molecule has 0 radical (unpaired) electrons. The van der Waals surface area contributed by atoms with E-state index in [0.717, 1.165) is 19.4 Å². The Morgan fingerprint density at radius 3 is 2.54 bits per heavy atom. The highest BCUT2D eigenvalue weighted by Crippen LogP contribution is 2.34. The zero-order valence-corrected chi connectivity index (χ0v) is 24.6. The van der Waals surface area contributed by atoms with Crippen LogP contribution in [0, 0.1) is 16.3 Å². The van der Waals surface area contributed by atoms with Gasteiger partial charge in [0.1, 0.15) is 17.0 Å². The van der Waals surface area contributed by atoms with Gasteiger partial charge < -0.3 is 16.0 Å². The molecule has 212 valence electrons. The maximum absolute atomic E-state index is 14.9. The van der Waals surface area contributed by atoms with Gasteiger partial charge in [-0.2, -0.15) is 0 Å². The first kappa shape index (κ1) is 27.4. The number of carbonyl (C=O) groups excluding carboxylic acids is 1. The number of halogens is 2. The minimum absolute atomic E-state index is 0.0839. The smallest absolute Gasteiger partial charge is 0.336 e. The van der Waals surface area contributed by atoms with Gasteiger partial charge >= 0.3 is 5.69 Å². The van der Waals surface area contributed by atoms with Gasteiger partial charge in [0, 0.05) is 27.9 Å². The van der Waals surface area contributed by atoms with Gasteiger partial charge in [-0.25, -0.2) is 9.18 Å². The first-order chi connectivity index (χ1) is 19.7. The summed E-state index contributed by atoms with van der Waals surface area (Å²) in [6.45, 7) is 2.34. The molecule has 1 amide bonds. The highest BCUT2D eigenvalue weighted by Gasteiger charge is 2.32. The first-order valence-electron chi connectivity index (χ1n) is 13.4. The highest BCUT2D eigenvalue weighted by molar-refractivity contribution is 14.1. The Balaban J connectivity index is 1.60. The molecule has 1 saturated heterocycles. The number of nitrogens with zero attached hydrogens (tertiary/aromatic N) is 3. The summed E-state index contributed by atoms with van der Waals surface area (Å²) in [6.07, 6.45) is 3.00. The molecule has 2 aromatic carbocycles. The SMILES string of the molecule is Cc1c(=O)n(C)c(Nc2ccc(I)cc2F)c2c(=O)n(C3CC3)c(=O)n(-c3cccc(NC(=O)[C@H]4CCCN4)c3)c12. The van der Waals surface area contributed by atoms with Crippen molar-refractivity contribution < 1.29 is 9.18 Å². The molecule has 6 rings (SSSR count). The van der Waals surface area contributed by atoms with E-state index in [1.807, 2.05) is 22.6 Å². The van der Waals surface area contributed by atoms with Crippen molar-refractivity contribution in [2.75, 3.05) is 17.2 Å². The van der Waals surface area contributed by atoms with Crippen LogP contribution in [0.2, 0.25) is 0 Å². The first-order valence-corrected chi connectivity index (χ1v) is 14.5. The minimum Gasteiger partial charge on any atom is -0.338 e. The van der Waals surface area contributed by atoms with Crippen LogP contribution in [0.4, 0.5) is 21.6 Å². The molecule has 2 aromatic heterocycles. The summed E-state index contributed by atoms with van der Waals surface area (Å²) in [5.41, 5.74) is -0.292. The van der Waals surface area contributed by atoms with Gasteiger partial charge in [-0.05, 0) is 98.1 Å². The molecule has 1 atom stereocenters. The second kappa shape index (κ2) is 10.6. The number of hydrogen-bond donors (Lipinski definition) is 3. The summed E-state index contributed by atoms with van der Waals surface area (Å²) in [7, 11) is 1.51. The lowest BCUT2D eigenvalue weighted by molar-refractivity contribution is -0.117. The molecule has 12 heteroatoms. The normalized spacial score (nSPS) is 16.7. The number of benzene rings is 2. The van der Waals surface area contributed by atoms with Crippen LogP contribution in [-0.4, -0.2) is 32.2 Å². The van der Waals surface area contributed by atoms with Crippen LogP contribution in [0.3, 0.4) is 0 Å². The maximum atomic E-state index is 14.9. The zero-order chi connectivity index (χ0) is 29.0. The van der Waals surface area contributed by atoms with Crippen molar-refractivity contribution in [3.8, 4) is 5.69 Å². The molecular weight excluding hydrogens is 642 g/mol. The number of anilines is 3. The van der Waals surface area contributed by atoms with Crippen LogP contribution in [0.15, 0.2) is 56.8 Å². The van der Waals surface area contributed by atoms with Crippen molar-refractivity contribution in [1.29, 1.82) is 0 Å². The number of carbonyl (C=O) groups is 1. The fourth-order valence-corrected chi connectivity index (χ4v) is 5.89. The predicted molar refractivity (Wildman–Crippen MR) is 164 cm³/mol. The topological polar surface area (TPSA) is 119 Å². The van der Waals surface area contributed by atoms with Crippen LogP contribution in [0.25, 0.3) is 16.6 Å². The monoisotopic (exact) mass is 670 g/mol. The Morgan fingerprint density at radius 2 is 1.85 bits per heavy atom. The molecule has 1 saturated carbocycles. The van der Waals surface area contributed by atoms with Crippen LogP contribution in [-0.2, 0) is 11.8 Å². The molecule has 41 heavy (non-hydrogen) atoms. The van der Waals surface area contributed by atoms with Crippen molar-refractivity contribution in [1.82, 2.24) is 19.0 Å². The number of amides is 1. The van der Waals surface area contributed by atoms with E-state index in [1.165, 1.54) is 32.9 Å². The number of fused-ring (bicyclic) bond motifs is 1. The van der Waals surface area contributed by atoms with E-state index in [-0.39, 0.29) is 46.0 Å². The molecule has 2 aliphatic rings. The molecule has 1 aliphatic carbocycles. The summed E-state index contributed by atoms with van der Waals surface area (Å²) in [5.74, 6) is -0.634. The molecule has 0 bridgehead atoms. The molecule has 1 aliphatic heterocycles. The van der Waals surface area contributed by atoms with Gasteiger partial charge in [0.2, 0.25) is 5.91 Å². The molecule has 0 unspecified atom stereocenters. The number of pyridine rings is 1. The van der Waals surface area contributed by atoms with Crippen molar-refractivity contribution in [2.24, 2.45) is 7.05 Å². The van der Waals surface area contributed by atoms with E-state index < -0.39 is 22.6 Å². The highest BCUT2D eigenvalue weighted by atomic mass is 127. The van der Waals surface area contributed by atoms with E-state index in [9.17, 15) is 23.6 Å². The Labute approximate surface area is 247 Å². The Morgan fingerprint density at radius 1 is 1.07 bits per heavy atom. The number of hydrogen-bond acceptors (Lipinski definition) is 6. The second-order valence-electron chi connectivity index (χ2n) is 10.5. The van der Waals surface area contributed by atoms with Gasteiger partial charge in [0.15, 0.2) is 0 Å². The predicted octanol–water partition coefficient (Wildman–Crippen LogP) is 3.67. The number of aromatic nitrogens is 3. The third-order valence-electron chi connectivity index (χ3n) is 7.69. The molecule has 2 fully saturated rings. The molecule has 0 spiro atoms. The summed E-state index contributed by atoms with van der Waals surface area (Å²) < 4.78 is 19.4. The maximum Gasteiger partial charge on any atom is 0.336 e. The van der Waals surface area contributed by atoms with E-state index in [2.05, 4.69) is 16.0 Å². The molecule has 4 aromatic rings. The fraction of sp³-hybridized carbons (Fsp3) is 0.310. The van der Waals surface area contributed by atoms with Crippen molar-refractivity contribution in [3.05, 3.63) is 88.6 Å². The average Bonchev–Trinajstić information content (AvgIpc) is 3.61. The van der Waals surface area contributed by atoms with Crippen LogP contribution in [0.5, 0.6) is 0 Å². The van der Waals surface area contributed by atoms with E-state index in [4.69, 9.17) is 0 Å². The number of aryl methyl sites for hydroxylation is 1. The largest absolute Gasteiger partial charge is 0.338 e. The van der Waals surface area contributed by atoms with Crippen molar-refractivity contribution in [3.63, 3.8) is 0 Å². The third-order valence-corrected chi connectivity index (χ3v) is 8.36. The zero-order valence-electron chi connectivity index (χ0n) is 22.5. The standard InChI is InChI=1S/C29H28FIN6O4/c1-15-24-23(25(35(2)27(15)39)34-21-11-8-16(31)13-20(21)30)28(40)37(18-9-10-18)29(41)36(24)19-6-3-5-17(14-19)33-26(38)22-7-4-12-32-22/h3,5-6,8,11,13-14,18,22,32,34H,4,7,9-10,12H2,1-2H3,(H,33,38)/t22-/m1/s1.